The van der Waals surface area contributed by atoms with Crippen molar-refractivity contribution in [2.45, 2.75) is 64.1 Å². The molecule has 2 aromatic rings. The molecule has 1 saturated carbocycles. The Morgan fingerprint density at radius 1 is 1.19 bits per heavy atom. The fraction of sp³-hybridized carbons (Fsp3) is 0.682. The van der Waals surface area contributed by atoms with Gasteiger partial charge in [0.25, 0.3) is 0 Å². The molecular weight excluding hydrogens is 521 g/mol. The van der Waals surface area contributed by atoms with Crippen LogP contribution < -0.4 is 10.6 Å². The van der Waals surface area contributed by atoms with Gasteiger partial charge in [0, 0.05) is 30.6 Å². The summed E-state index contributed by atoms with van der Waals surface area (Å²) in [5, 5.41) is 18.0. The summed E-state index contributed by atoms with van der Waals surface area (Å²) >= 11 is 1.88. The smallest absolute Gasteiger partial charge is 0.191 e. The number of thiophene rings is 1. The van der Waals surface area contributed by atoms with Crippen molar-refractivity contribution in [1.29, 1.82) is 0 Å². The maximum absolute atomic E-state index is 4.88. The lowest BCUT2D eigenvalue weighted by molar-refractivity contribution is 0.125. The average molecular weight is 558 g/mol. The molecule has 2 aromatic heterocycles. The van der Waals surface area contributed by atoms with Crippen LogP contribution >= 0.6 is 35.3 Å². The summed E-state index contributed by atoms with van der Waals surface area (Å²) in [7, 11) is 4.26. The number of likely N-dealkylation sites (tertiary alicyclic amines) is 1. The Morgan fingerprint density at radius 2 is 2.00 bits per heavy atom. The van der Waals surface area contributed by atoms with E-state index in [0.717, 1.165) is 24.2 Å². The highest BCUT2D eigenvalue weighted by Crippen LogP contribution is 2.36. The van der Waals surface area contributed by atoms with E-state index >= 15 is 0 Å². The number of guanidine groups is 1. The number of hydrogen-bond acceptors (Lipinski definition) is 5. The number of aryl methyl sites for hydroxylation is 1. The number of nitrogens with zero attached hydrogens (tertiary/aromatic N) is 5. The minimum atomic E-state index is 0. The van der Waals surface area contributed by atoms with Crippen LogP contribution in [-0.4, -0.2) is 51.8 Å². The van der Waals surface area contributed by atoms with Crippen LogP contribution in [0.4, 0.5) is 0 Å². The molecule has 4 rings (SSSR count). The number of rotatable bonds is 6. The largest absolute Gasteiger partial charge is 0.356 e. The van der Waals surface area contributed by atoms with Crippen molar-refractivity contribution in [2.24, 2.45) is 18.0 Å². The van der Waals surface area contributed by atoms with Gasteiger partial charge in [0.2, 0.25) is 0 Å². The Morgan fingerprint density at radius 3 is 2.68 bits per heavy atom. The molecule has 0 spiro atoms. The summed E-state index contributed by atoms with van der Waals surface area (Å²) in [4.78, 5) is 8.87. The number of hydrogen-bond donors (Lipinski definition) is 2. The van der Waals surface area contributed by atoms with Crippen LogP contribution in [0.2, 0.25) is 0 Å². The van der Waals surface area contributed by atoms with E-state index in [-0.39, 0.29) is 24.0 Å². The molecule has 3 heterocycles. The first-order valence-corrected chi connectivity index (χ1v) is 12.1. The predicted molar refractivity (Wildman–Crippen MR) is 138 cm³/mol. The molecule has 172 valence electrons. The minimum absolute atomic E-state index is 0. The molecule has 1 aliphatic heterocycles. The van der Waals surface area contributed by atoms with Gasteiger partial charge in [-0.15, -0.1) is 45.5 Å². The molecule has 2 N–H and O–H groups in total. The molecule has 7 nitrogen and oxygen atoms in total. The van der Waals surface area contributed by atoms with Crippen LogP contribution in [0.3, 0.4) is 0 Å². The second-order valence-electron chi connectivity index (χ2n) is 8.74. The Kier molecular flexibility index (Phi) is 9.15. The summed E-state index contributed by atoms with van der Waals surface area (Å²) in [5.41, 5.74) is 0. The van der Waals surface area contributed by atoms with Gasteiger partial charge >= 0.3 is 0 Å². The SMILES string of the molecule is Cc1nnc(CN=C(NCC2CCCN(C)C2c2cccs2)NC2CCCC2)n1C.I. The van der Waals surface area contributed by atoms with Gasteiger partial charge in [0.05, 0.1) is 0 Å². The first-order valence-electron chi connectivity index (χ1n) is 11.2. The van der Waals surface area contributed by atoms with Crippen LogP contribution in [0.25, 0.3) is 0 Å². The lowest BCUT2D eigenvalue weighted by atomic mass is 9.88. The number of aromatic nitrogens is 3. The number of aliphatic imine (C=N–C) groups is 1. The highest BCUT2D eigenvalue weighted by molar-refractivity contribution is 14.0. The molecule has 9 heteroatoms. The maximum Gasteiger partial charge on any atom is 0.191 e. The highest BCUT2D eigenvalue weighted by atomic mass is 127. The fourth-order valence-corrected chi connectivity index (χ4v) is 5.75. The highest BCUT2D eigenvalue weighted by Gasteiger charge is 2.31. The summed E-state index contributed by atoms with van der Waals surface area (Å²) in [5.74, 6) is 3.31. The Bertz CT molecular complexity index is 829. The zero-order valence-electron chi connectivity index (χ0n) is 18.9. The van der Waals surface area contributed by atoms with E-state index in [4.69, 9.17) is 4.99 Å². The average Bonchev–Trinajstić information content (AvgIpc) is 3.50. The van der Waals surface area contributed by atoms with Crippen molar-refractivity contribution in [2.75, 3.05) is 20.1 Å². The number of piperidine rings is 1. The van der Waals surface area contributed by atoms with Gasteiger partial charge in [-0.1, -0.05) is 18.9 Å². The van der Waals surface area contributed by atoms with E-state index in [0.29, 0.717) is 24.5 Å². The quantitative estimate of drug-likeness (QED) is 0.321. The molecule has 0 aromatic carbocycles. The van der Waals surface area contributed by atoms with Crippen molar-refractivity contribution >= 4 is 41.3 Å². The molecule has 31 heavy (non-hydrogen) atoms. The molecule has 0 bridgehead atoms. The van der Waals surface area contributed by atoms with Gasteiger partial charge in [0.15, 0.2) is 11.8 Å². The molecular formula is C22H36IN7S. The van der Waals surface area contributed by atoms with Gasteiger partial charge < -0.3 is 15.2 Å². The molecule has 2 unspecified atom stereocenters. The van der Waals surface area contributed by atoms with Crippen molar-refractivity contribution in [3.8, 4) is 0 Å². The second kappa shape index (κ2) is 11.6. The van der Waals surface area contributed by atoms with Gasteiger partial charge in [-0.2, -0.15) is 0 Å². The molecule has 2 aliphatic rings. The van der Waals surface area contributed by atoms with E-state index in [1.54, 1.807) is 0 Å². The van der Waals surface area contributed by atoms with Gasteiger partial charge in [-0.3, -0.25) is 4.90 Å². The van der Waals surface area contributed by atoms with Crippen LogP contribution in [0.1, 0.15) is 61.1 Å². The maximum atomic E-state index is 4.88. The van der Waals surface area contributed by atoms with E-state index in [9.17, 15) is 0 Å². The Labute approximate surface area is 207 Å². The molecule has 1 aliphatic carbocycles. The minimum Gasteiger partial charge on any atom is -0.356 e. The molecule has 0 amide bonds. The lowest BCUT2D eigenvalue weighted by Gasteiger charge is -2.39. The Hall–Kier alpha value is -1.20. The van der Waals surface area contributed by atoms with Crippen molar-refractivity contribution in [3.63, 3.8) is 0 Å². The summed E-state index contributed by atoms with van der Waals surface area (Å²) in [6, 6.07) is 5.47. The second-order valence-corrected chi connectivity index (χ2v) is 9.72. The third-order valence-corrected chi connectivity index (χ3v) is 7.57. The zero-order valence-corrected chi connectivity index (χ0v) is 22.0. The van der Waals surface area contributed by atoms with Crippen LogP contribution in [0.5, 0.6) is 0 Å². The van der Waals surface area contributed by atoms with Crippen LogP contribution in [-0.2, 0) is 13.6 Å². The normalized spacial score (nSPS) is 23.0. The third-order valence-electron chi connectivity index (χ3n) is 6.63. The third kappa shape index (κ3) is 6.19. The molecule has 2 fully saturated rings. The Balaban J connectivity index is 0.00000272. The summed E-state index contributed by atoms with van der Waals surface area (Å²) < 4.78 is 2.01. The molecule has 1 saturated heterocycles. The van der Waals surface area contributed by atoms with Crippen LogP contribution in [0.15, 0.2) is 22.5 Å². The van der Waals surface area contributed by atoms with Crippen molar-refractivity contribution in [3.05, 3.63) is 34.0 Å². The first-order chi connectivity index (χ1) is 14.6. The van der Waals surface area contributed by atoms with E-state index in [1.165, 1.54) is 49.9 Å². The standard InChI is InChI=1S/C22H35N7S.HI/c1-16-26-27-20(29(16)3)15-24-22(25-18-9-4-5-10-18)23-14-17-8-6-12-28(2)21(17)19-11-7-13-30-19;/h7,11,13,17-18,21H,4-6,8-10,12,14-15H2,1-3H3,(H2,23,24,25);1H. The summed E-state index contributed by atoms with van der Waals surface area (Å²) in [6.07, 6.45) is 7.58. The van der Waals surface area contributed by atoms with Gasteiger partial charge in [-0.25, -0.2) is 4.99 Å². The predicted octanol–water partition coefficient (Wildman–Crippen LogP) is 3.86. The number of nitrogens with one attached hydrogen (secondary N) is 2. The van der Waals surface area contributed by atoms with Crippen molar-refractivity contribution < 1.29 is 0 Å². The molecule has 0 radical (unpaired) electrons. The fourth-order valence-electron chi connectivity index (χ4n) is 4.76. The monoisotopic (exact) mass is 557 g/mol. The summed E-state index contributed by atoms with van der Waals surface area (Å²) in [6.45, 7) is 4.62. The van der Waals surface area contributed by atoms with Crippen molar-refractivity contribution in [1.82, 2.24) is 30.3 Å². The first kappa shape index (κ1) is 24.4. The number of halogens is 1. The van der Waals surface area contributed by atoms with E-state index in [2.05, 4.69) is 50.3 Å². The van der Waals surface area contributed by atoms with Gasteiger partial charge in [0.1, 0.15) is 12.4 Å². The van der Waals surface area contributed by atoms with E-state index < -0.39 is 0 Å². The lowest BCUT2D eigenvalue weighted by Crippen LogP contribution is -2.47. The van der Waals surface area contributed by atoms with E-state index in [1.807, 2.05) is 29.9 Å². The molecule has 2 atom stereocenters. The van der Waals surface area contributed by atoms with Gasteiger partial charge in [-0.05, 0) is 63.6 Å². The van der Waals surface area contributed by atoms with Crippen LogP contribution in [0, 0.1) is 12.8 Å². The zero-order chi connectivity index (χ0) is 20.9. The topological polar surface area (TPSA) is 70.4 Å².